The third-order valence-electron chi connectivity index (χ3n) is 4.41. The molecule has 146 valence electrons. The monoisotopic (exact) mass is 411 g/mol. The zero-order valence-corrected chi connectivity index (χ0v) is 17.0. The largest absolute Gasteiger partial charge is 0.465 e. The Morgan fingerprint density at radius 3 is 2.70 bits per heavy atom. The van der Waals surface area contributed by atoms with Crippen molar-refractivity contribution in [3.05, 3.63) is 16.0 Å². The molecule has 0 radical (unpaired) electrons. The number of carbonyl (C=O) groups is 3. The normalized spacial score (nSPS) is 19.8. The van der Waals surface area contributed by atoms with E-state index in [1.165, 1.54) is 30.2 Å². The van der Waals surface area contributed by atoms with Crippen molar-refractivity contribution in [3.63, 3.8) is 0 Å². The van der Waals surface area contributed by atoms with Crippen LogP contribution in [-0.2, 0) is 19.1 Å². The molecule has 1 fully saturated rings. The Labute approximate surface area is 165 Å². The predicted octanol–water partition coefficient (Wildman–Crippen LogP) is 1.81. The molecule has 3 rings (SSSR count). The standard InChI is InChI=1S/C17H21N3O5S2/c1-9-10(2)26-15(13(9)16(23)24-3)18-12(21)8-11-14(22)19-17(27-11)20-4-6-25-7-5-20/h11H,4-8H2,1-3H3,(H,18,21). The highest BCUT2D eigenvalue weighted by Crippen LogP contribution is 2.34. The van der Waals surface area contributed by atoms with Gasteiger partial charge in [-0.1, -0.05) is 11.8 Å². The summed E-state index contributed by atoms with van der Waals surface area (Å²) in [5, 5.41) is 3.31. The van der Waals surface area contributed by atoms with Crippen molar-refractivity contribution in [2.45, 2.75) is 25.5 Å². The number of amidine groups is 1. The Balaban J connectivity index is 1.63. The van der Waals surface area contributed by atoms with Gasteiger partial charge in [0.1, 0.15) is 10.3 Å². The molecule has 27 heavy (non-hydrogen) atoms. The lowest BCUT2D eigenvalue weighted by Gasteiger charge is -2.27. The number of morpholine rings is 1. The van der Waals surface area contributed by atoms with Gasteiger partial charge in [0.15, 0.2) is 5.17 Å². The van der Waals surface area contributed by atoms with E-state index in [0.717, 1.165) is 10.4 Å². The Morgan fingerprint density at radius 2 is 2.04 bits per heavy atom. The maximum atomic E-state index is 12.5. The highest BCUT2D eigenvalue weighted by atomic mass is 32.2. The van der Waals surface area contributed by atoms with Gasteiger partial charge in [0, 0.05) is 24.4 Å². The zero-order valence-electron chi connectivity index (χ0n) is 15.4. The van der Waals surface area contributed by atoms with Crippen molar-refractivity contribution in [1.29, 1.82) is 0 Å². The molecule has 2 aliphatic rings. The molecular weight excluding hydrogens is 390 g/mol. The minimum Gasteiger partial charge on any atom is -0.465 e. The van der Waals surface area contributed by atoms with E-state index in [0.29, 0.717) is 42.0 Å². The Morgan fingerprint density at radius 1 is 1.33 bits per heavy atom. The van der Waals surface area contributed by atoms with E-state index in [9.17, 15) is 14.4 Å². The minimum atomic E-state index is -0.549. The molecular formula is C17H21N3O5S2. The number of esters is 1. The lowest BCUT2D eigenvalue weighted by molar-refractivity contribution is -0.121. The lowest BCUT2D eigenvalue weighted by atomic mass is 10.1. The molecule has 0 aromatic carbocycles. The van der Waals surface area contributed by atoms with Crippen LogP contribution in [0.5, 0.6) is 0 Å². The fraction of sp³-hybridized carbons (Fsp3) is 0.529. The van der Waals surface area contributed by atoms with Crippen LogP contribution in [0.1, 0.15) is 27.2 Å². The van der Waals surface area contributed by atoms with Crippen molar-refractivity contribution >= 4 is 51.1 Å². The average molecular weight is 412 g/mol. The first kappa shape index (κ1) is 19.8. The van der Waals surface area contributed by atoms with Gasteiger partial charge in [-0.3, -0.25) is 9.59 Å². The van der Waals surface area contributed by atoms with Crippen molar-refractivity contribution < 1.29 is 23.9 Å². The molecule has 0 saturated carbocycles. The van der Waals surface area contributed by atoms with Gasteiger partial charge in [0.2, 0.25) is 5.91 Å². The van der Waals surface area contributed by atoms with Crippen LogP contribution in [-0.4, -0.2) is 66.5 Å². The molecule has 2 amide bonds. The van der Waals surface area contributed by atoms with Crippen molar-refractivity contribution in [2.24, 2.45) is 4.99 Å². The van der Waals surface area contributed by atoms with Gasteiger partial charge < -0.3 is 19.7 Å². The van der Waals surface area contributed by atoms with E-state index in [-0.39, 0.29) is 18.2 Å². The molecule has 1 saturated heterocycles. The number of nitrogens with zero attached hydrogens (tertiary/aromatic N) is 2. The Bertz CT molecular complexity index is 799. The van der Waals surface area contributed by atoms with Gasteiger partial charge in [0.25, 0.3) is 5.91 Å². The van der Waals surface area contributed by atoms with E-state index in [1.54, 1.807) is 0 Å². The Hall–Kier alpha value is -1.91. The summed E-state index contributed by atoms with van der Waals surface area (Å²) in [5.41, 5.74) is 1.15. The second-order valence-electron chi connectivity index (χ2n) is 6.17. The fourth-order valence-electron chi connectivity index (χ4n) is 2.81. The fourth-order valence-corrected chi connectivity index (χ4v) is 4.99. The minimum absolute atomic E-state index is 0.00253. The summed E-state index contributed by atoms with van der Waals surface area (Å²) in [6, 6.07) is 0. The predicted molar refractivity (Wildman–Crippen MR) is 105 cm³/mol. The van der Waals surface area contributed by atoms with Gasteiger partial charge in [-0.25, -0.2) is 4.79 Å². The average Bonchev–Trinajstić information content (AvgIpc) is 3.15. The topological polar surface area (TPSA) is 97.3 Å². The molecule has 3 heterocycles. The summed E-state index contributed by atoms with van der Waals surface area (Å²) < 4.78 is 10.1. The third kappa shape index (κ3) is 4.33. The van der Waals surface area contributed by atoms with E-state index >= 15 is 0 Å². The molecule has 1 unspecified atom stereocenters. The van der Waals surface area contributed by atoms with Crippen LogP contribution in [0, 0.1) is 13.8 Å². The van der Waals surface area contributed by atoms with Crippen LogP contribution in [0.2, 0.25) is 0 Å². The number of amides is 2. The number of rotatable bonds is 4. The summed E-state index contributed by atoms with van der Waals surface area (Å²) in [4.78, 5) is 43.7. The third-order valence-corrected chi connectivity index (χ3v) is 6.74. The number of thioether (sulfide) groups is 1. The molecule has 8 nitrogen and oxygen atoms in total. The number of aliphatic imine (C=N–C) groups is 1. The number of methoxy groups -OCH3 is 1. The van der Waals surface area contributed by atoms with Crippen LogP contribution in [0.3, 0.4) is 0 Å². The first-order chi connectivity index (χ1) is 12.9. The molecule has 0 aliphatic carbocycles. The van der Waals surface area contributed by atoms with Crippen LogP contribution < -0.4 is 5.32 Å². The highest BCUT2D eigenvalue weighted by molar-refractivity contribution is 8.15. The van der Waals surface area contributed by atoms with Crippen molar-refractivity contribution in [1.82, 2.24) is 4.90 Å². The number of carbonyl (C=O) groups excluding carboxylic acids is 3. The maximum Gasteiger partial charge on any atom is 0.341 e. The van der Waals surface area contributed by atoms with Crippen molar-refractivity contribution in [2.75, 3.05) is 38.7 Å². The van der Waals surface area contributed by atoms with Gasteiger partial charge in [0.05, 0.1) is 25.9 Å². The lowest BCUT2D eigenvalue weighted by Crippen LogP contribution is -2.39. The number of aryl methyl sites for hydroxylation is 1. The summed E-state index contributed by atoms with van der Waals surface area (Å²) >= 11 is 2.63. The molecule has 0 spiro atoms. The van der Waals surface area contributed by atoms with Crippen LogP contribution in [0.15, 0.2) is 4.99 Å². The molecule has 2 aliphatic heterocycles. The summed E-state index contributed by atoms with van der Waals surface area (Å²) in [7, 11) is 1.30. The van der Waals surface area contributed by atoms with Gasteiger partial charge in [-0.05, 0) is 19.4 Å². The Kier molecular flexibility index (Phi) is 6.18. The second-order valence-corrected chi connectivity index (χ2v) is 8.56. The van der Waals surface area contributed by atoms with Gasteiger partial charge >= 0.3 is 5.97 Å². The van der Waals surface area contributed by atoms with Gasteiger partial charge in [-0.2, -0.15) is 4.99 Å². The molecule has 1 N–H and O–H groups in total. The molecule has 1 aromatic heterocycles. The van der Waals surface area contributed by atoms with Crippen LogP contribution >= 0.6 is 23.1 Å². The second kappa shape index (κ2) is 8.41. The summed E-state index contributed by atoms with van der Waals surface area (Å²) in [6.45, 7) is 6.27. The highest BCUT2D eigenvalue weighted by Gasteiger charge is 2.34. The van der Waals surface area contributed by atoms with E-state index in [1.807, 2.05) is 18.7 Å². The van der Waals surface area contributed by atoms with Gasteiger partial charge in [-0.15, -0.1) is 11.3 Å². The molecule has 0 bridgehead atoms. The first-order valence-corrected chi connectivity index (χ1v) is 10.2. The number of hydrogen-bond donors (Lipinski definition) is 1. The van der Waals surface area contributed by atoms with E-state index in [2.05, 4.69) is 10.3 Å². The molecule has 1 aromatic rings. The zero-order chi connectivity index (χ0) is 19.6. The quantitative estimate of drug-likeness (QED) is 0.755. The number of ether oxygens (including phenoxy) is 2. The van der Waals surface area contributed by atoms with E-state index in [4.69, 9.17) is 9.47 Å². The molecule has 10 heteroatoms. The SMILES string of the molecule is COC(=O)c1c(NC(=O)CC2SC(N3CCOCC3)=NC2=O)sc(C)c1C. The van der Waals surface area contributed by atoms with Crippen LogP contribution in [0.4, 0.5) is 5.00 Å². The number of thiophene rings is 1. The summed E-state index contributed by atoms with van der Waals surface area (Å²) in [6.07, 6.45) is -0.00253. The number of anilines is 1. The first-order valence-electron chi connectivity index (χ1n) is 8.50. The smallest absolute Gasteiger partial charge is 0.341 e. The van der Waals surface area contributed by atoms with E-state index < -0.39 is 11.2 Å². The summed E-state index contributed by atoms with van der Waals surface area (Å²) in [5.74, 6) is -1.12. The number of nitrogens with one attached hydrogen (secondary N) is 1. The van der Waals surface area contributed by atoms with Crippen molar-refractivity contribution in [3.8, 4) is 0 Å². The van der Waals surface area contributed by atoms with Crippen LogP contribution in [0.25, 0.3) is 0 Å². The molecule has 1 atom stereocenters. The number of hydrogen-bond acceptors (Lipinski definition) is 8. The maximum absolute atomic E-state index is 12.5.